The van der Waals surface area contributed by atoms with Gasteiger partial charge in [0.2, 0.25) is 0 Å². The molecule has 2 nitrogen and oxygen atoms in total. The Labute approximate surface area is 98.6 Å². The Morgan fingerprint density at radius 1 is 1.25 bits per heavy atom. The fourth-order valence-corrected chi connectivity index (χ4v) is 3.02. The molecular formula is C13H13NOS. The van der Waals surface area contributed by atoms with Gasteiger partial charge in [-0.15, -0.1) is 11.3 Å². The highest BCUT2D eigenvalue weighted by Gasteiger charge is 2.12. The van der Waals surface area contributed by atoms with Gasteiger partial charge < -0.3 is 5.11 Å². The number of nitrogens with zero attached hydrogens (tertiary/aromatic N) is 1. The van der Waals surface area contributed by atoms with Crippen molar-refractivity contribution in [2.24, 2.45) is 0 Å². The van der Waals surface area contributed by atoms with Crippen LogP contribution in [0.3, 0.4) is 0 Å². The number of benzene rings is 1. The predicted molar refractivity (Wildman–Crippen MR) is 65.5 cm³/mol. The summed E-state index contributed by atoms with van der Waals surface area (Å²) in [6.07, 6.45) is 3.69. The van der Waals surface area contributed by atoms with E-state index in [0.29, 0.717) is 0 Å². The Morgan fingerprint density at radius 2 is 2.12 bits per heavy atom. The Kier molecular flexibility index (Phi) is 2.50. The molecule has 0 spiro atoms. The van der Waals surface area contributed by atoms with E-state index >= 15 is 0 Å². The molecule has 2 aromatic rings. The van der Waals surface area contributed by atoms with E-state index in [-0.39, 0.29) is 6.61 Å². The number of fused-ring (bicyclic) bond motifs is 1. The lowest BCUT2D eigenvalue weighted by molar-refractivity contribution is 0.278. The Morgan fingerprint density at radius 3 is 2.94 bits per heavy atom. The minimum absolute atomic E-state index is 0.0292. The summed E-state index contributed by atoms with van der Waals surface area (Å²) >= 11 is 1.60. The van der Waals surface area contributed by atoms with Crippen molar-refractivity contribution in [2.45, 2.75) is 25.9 Å². The first-order chi connectivity index (χ1) is 7.86. The molecule has 0 aliphatic heterocycles. The first kappa shape index (κ1) is 10.00. The third kappa shape index (κ3) is 1.66. The van der Waals surface area contributed by atoms with Crippen LogP contribution in [0.5, 0.6) is 0 Å². The zero-order valence-electron chi connectivity index (χ0n) is 8.94. The largest absolute Gasteiger partial charge is 0.390 e. The van der Waals surface area contributed by atoms with Crippen LogP contribution in [0, 0.1) is 0 Å². The zero-order valence-corrected chi connectivity index (χ0v) is 9.76. The van der Waals surface area contributed by atoms with Crippen molar-refractivity contribution in [3.63, 3.8) is 0 Å². The minimum atomic E-state index is 0.0292. The minimum Gasteiger partial charge on any atom is -0.390 e. The van der Waals surface area contributed by atoms with Crippen LogP contribution >= 0.6 is 11.3 Å². The van der Waals surface area contributed by atoms with E-state index in [9.17, 15) is 0 Å². The van der Waals surface area contributed by atoms with Crippen LogP contribution in [-0.4, -0.2) is 10.1 Å². The van der Waals surface area contributed by atoms with Crippen LogP contribution in [0.25, 0.3) is 10.6 Å². The van der Waals surface area contributed by atoms with Crippen LogP contribution in [0.1, 0.15) is 23.2 Å². The quantitative estimate of drug-likeness (QED) is 0.862. The van der Waals surface area contributed by atoms with Crippen LogP contribution < -0.4 is 0 Å². The van der Waals surface area contributed by atoms with Crippen molar-refractivity contribution >= 4 is 11.3 Å². The summed E-state index contributed by atoms with van der Waals surface area (Å²) in [4.78, 5) is 4.39. The number of aliphatic hydroxyl groups excluding tert-OH is 1. The fourth-order valence-electron chi connectivity index (χ4n) is 2.22. The standard InChI is InChI=1S/C13H13NOS/c15-7-12-8-16-13(14-12)11-5-4-9-2-1-3-10(9)6-11/h4-6,8,15H,1-3,7H2. The SMILES string of the molecule is OCc1csc(-c2ccc3c(c2)CCC3)n1. The van der Waals surface area contributed by atoms with Crippen molar-refractivity contribution in [3.8, 4) is 10.6 Å². The van der Waals surface area contributed by atoms with Gasteiger partial charge in [-0.05, 0) is 36.5 Å². The second kappa shape index (κ2) is 4.00. The Balaban J connectivity index is 2.00. The predicted octanol–water partition coefficient (Wildman–Crippen LogP) is 2.79. The molecule has 0 saturated heterocycles. The topological polar surface area (TPSA) is 33.1 Å². The highest BCUT2D eigenvalue weighted by atomic mass is 32.1. The van der Waals surface area contributed by atoms with E-state index in [0.717, 1.165) is 10.7 Å². The molecule has 1 aliphatic rings. The number of aromatic nitrogens is 1. The Hall–Kier alpha value is -1.19. The number of hydrogen-bond donors (Lipinski definition) is 1. The number of aryl methyl sites for hydroxylation is 2. The molecule has 0 fully saturated rings. The number of aliphatic hydroxyl groups is 1. The summed E-state index contributed by atoms with van der Waals surface area (Å²) in [6.45, 7) is 0.0292. The summed E-state index contributed by atoms with van der Waals surface area (Å²) < 4.78 is 0. The molecule has 16 heavy (non-hydrogen) atoms. The first-order valence-electron chi connectivity index (χ1n) is 5.54. The molecule has 1 aliphatic carbocycles. The lowest BCUT2D eigenvalue weighted by Crippen LogP contribution is -1.85. The van der Waals surface area contributed by atoms with Gasteiger partial charge >= 0.3 is 0 Å². The molecule has 0 amide bonds. The molecule has 0 saturated carbocycles. The Bertz CT molecular complexity index is 518. The summed E-state index contributed by atoms with van der Waals surface area (Å²) in [5, 5.41) is 11.9. The maximum atomic E-state index is 9.00. The molecule has 1 heterocycles. The molecular weight excluding hydrogens is 218 g/mol. The maximum Gasteiger partial charge on any atom is 0.123 e. The second-order valence-electron chi connectivity index (χ2n) is 4.14. The number of rotatable bonds is 2. The molecule has 0 unspecified atom stereocenters. The number of hydrogen-bond acceptors (Lipinski definition) is 3. The van der Waals surface area contributed by atoms with Crippen LogP contribution in [0.4, 0.5) is 0 Å². The van der Waals surface area contributed by atoms with Crippen LogP contribution in [-0.2, 0) is 19.4 Å². The smallest absolute Gasteiger partial charge is 0.123 e. The van der Waals surface area contributed by atoms with Crippen molar-refractivity contribution < 1.29 is 5.11 Å². The molecule has 1 N–H and O–H groups in total. The highest BCUT2D eigenvalue weighted by molar-refractivity contribution is 7.13. The zero-order chi connectivity index (χ0) is 11.0. The summed E-state index contributed by atoms with van der Waals surface area (Å²) in [5.41, 5.74) is 4.91. The third-order valence-corrected chi connectivity index (χ3v) is 4.00. The number of thiazole rings is 1. The second-order valence-corrected chi connectivity index (χ2v) is 5.00. The molecule has 3 rings (SSSR count). The first-order valence-corrected chi connectivity index (χ1v) is 6.42. The van der Waals surface area contributed by atoms with E-state index in [2.05, 4.69) is 23.2 Å². The molecule has 0 radical (unpaired) electrons. The summed E-state index contributed by atoms with van der Waals surface area (Å²) in [5.74, 6) is 0. The van der Waals surface area contributed by atoms with E-state index in [1.165, 1.54) is 36.0 Å². The van der Waals surface area contributed by atoms with E-state index in [4.69, 9.17) is 5.11 Å². The third-order valence-electron chi connectivity index (χ3n) is 3.06. The molecule has 1 aromatic heterocycles. The van der Waals surface area contributed by atoms with Gasteiger partial charge in [-0.2, -0.15) is 0 Å². The van der Waals surface area contributed by atoms with E-state index in [1.54, 1.807) is 11.3 Å². The van der Waals surface area contributed by atoms with E-state index < -0.39 is 0 Å². The van der Waals surface area contributed by atoms with Crippen LogP contribution in [0.15, 0.2) is 23.6 Å². The monoisotopic (exact) mass is 231 g/mol. The van der Waals surface area contributed by atoms with Gasteiger partial charge in [0.1, 0.15) is 5.01 Å². The summed E-state index contributed by atoms with van der Waals surface area (Å²) in [7, 11) is 0. The highest BCUT2D eigenvalue weighted by Crippen LogP contribution is 2.29. The van der Waals surface area contributed by atoms with Crippen molar-refractivity contribution in [2.75, 3.05) is 0 Å². The average Bonchev–Trinajstić information content (AvgIpc) is 2.96. The maximum absolute atomic E-state index is 9.00. The van der Waals surface area contributed by atoms with E-state index in [1.807, 2.05) is 5.38 Å². The van der Waals surface area contributed by atoms with Crippen molar-refractivity contribution in [3.05, 3.63) is 40.4 Å². The fraction of sp³-hybridized carbons (Fsp3) is 0.308. The summed E-state index contributed by atoms with van der Waals surface area (Å²) in [6, 6.07) is 6.62. The van der Waals surface area contributed by atoms with Gasteiger partial charge in [0.25, 0.3) is 0 Å². The average molecular weight is 231 g/mol. The lowest BCUT2D eigenvalue weighted by atomic mass is 10.1. The van der Waals surface area contributed by atoms with Gasteiger partial charge in [-0.3, -0.25) is 0 Å². The van der Waals surface area contributed by atoms with Crippen molar-refractivity contribution in [1.82, 2.24) is 4.98 Å². The van der Waals surface area contributed by atoms with Gasteiger partial charge in [0, 0.05) is 10.9 Å². The van der Waals surface area contributed by atoms with Crippen LogP contribution in [0.2, 0.25) is 0 Å². The lowest BCUT2D eigenvalue weighted by Gasteiger charge is -2.01. The van der Waals surface area contributed by atoms with Gasteiger partial charge in [0.15, 0.2) is 0 Å². The molecule has 3 heteroatoms. The van der Waals surface area contributed by atoms with Crippen molar-refractivity contribution in [1.29, 1.82) is 0 Å². The van der Waals surface area contributed by atoms with Gasteiger partial charge in [-0.1, -0.05) is 12.1 Å². The normalized spacial score (nSPS) is 14.1. The van der Waals surface area contributed by atoms with Gasteiger partial charge in [-0.25, -0.2) is 4.98 Å². The molecule has 0 atom stereocenters. The van der Waals surface area contributed by atoms with Gasteiger partial charge in [0.05, 0.1) is 12.3 Å². The molecule has 82 valence electrons. The molecule has 0 bridgehead atoms. The molecule has 1 aromatic carbocycles.